The van der Waals surface area contributed by atoms with Crippen molar-refractivity contribution in [1.82, 2.24) is 9.55 Å². The van der Waals surface area contributed by atoms with E-state index in [4.69, 9.17) is 4.98 Å². The van der Waals surface area contributed by atoms with E-state index in [0.717, 1.165) is 81.1 Å². The number of para-hydroxylation sites is 1. The maximum absolute atomic E-state index is 5.42. The normalized spacial score (nSPS) is 15.4. The summed E-state index contributed by atoms with van der Waals surface area (Å²) >= 11 is 0. The summed E-state index contributed by atoms with van der Waals surface area (Å²) in [6.07, 6.45) is 14.6. The molecule has 11 rings (SSSR count). The van der Waals surface area contributed by atoms with Gasteiger partial charge in [0, 0.05) is 50.1 Å². The SMILES string of the molecule is C/C=C1\C(=C/CC)C(C)(C)c2cc(N(c3ccc(C4=CC=CCC4)cc3)c3ccc(-c4ccc5c(c4)c4cc(-c6ccccc6)nc(-c6ccccc6)c4n5-c4ccccc4)cc3)ccc21. The predicted octanol–water partition coefficient (Wildman–Crippen LogP) is 17.4. The second-order valence-corrected chi connectivity index (χ2v) is 18.1. The first-order valence-electron chi connectivity index (χ1n) is 23.5. The molecule has 2 aliphatic carbocycles. The summed E-state index contributed by atoms with van der Waals surface area (Å²) in [5, 5.41) is 2.36. The van der Waals surface area contributed by atoms with Gasteiger partial charge in [-0.15, -0.1) is 0 Å². The molecule has 0 spiro atoms. The Labute approximate surface area is 389 Å². The molecule has 0 unspecified atom stereocenters. The van der Waals surface area contributed by atoms with E-state index in [1.807, 2.05) is 0 Å². The molecular weight excluding hydrogens is 799 g/mol. The molecule has 66 heavy (non-hydrogen) atoms. The number of rotatable bonds is 9. The molecule has 3 nitrogen and oxygen atoms in total. The number of hydrogen-bond acceptors (Lipinski definition) is 2. The Bertz CT molecular complexity index is 3380. The predicted molar refractivity (Wildman–Crippen MR) is 281 cm³/mol. The van der Waals surface area contributed by atoms with Crippen molar-refractivity contribution >= 4 is 50.0 Å². The van der Waals surface area contributed by atoms with Crippen molar-refractivity contribution in [3.8, 4) is 39.3 Å². The van der Waals surface area contributed by atoms with E-state index in [1.54, 1.807) is 0 Å². The van der Waals surface area contributed by atoms with Gasteiger partial charge in [-0.1, -0.05) is 166 Å². The lowest BCUT2D eigenvalue weighted by Crippen LogP contribution is -2.16. The van der Waals surface area contributed by atoms with Gasteiger partial charge in [0.25, 0.3) is 0 Å². The number of pyridine rings is 1. The number of benzene rings is 7. The summed E-state index contributed by atoms with van der Waals surface area (Å²) in [6, 6.07) is 66.5. The van der Waals surface area contributed by atoms with Gasteiger partial charge >= 0.3 is 0 Å². The average Bonchev–Trinajstić information content (AvgIpc) is 3.82. The van der Waals surface area contributed by atoms with Crippen LogP contribution in [0.3, 0.4) is 0 Å². The topological polar surface area (TPSA) is 21.1 Å². The lowest BCUT2D eigenvalue weighted by molar-refractivity contribution is 0.657. The van der Waals surface area contributed by atoms with Gasteiger partial charge in [0.15, 0.2) is 0 Å². The summed E-state index contributed by atoms with van der Waals surface area (Å²) < 4.78 is 2.39. The molecule has 7 aromatic carbocycles. The van der Waals surface area contributed by atoms with Crippen molar-refractivity contribution in [1.29, 1.82) is 0 Å². The van der Waals surface area contributed by atoms with Crippen molar-refractivity contribution in [2.45, 2.75) is 52.4 Å². The molecule has 0 fully saturated rings. The fourth-order valence-electron chi connectivity index (χ4n) is 10.5. The van der Waals surface area contributed by atoms with Gasteiger partial charge in [-0.25, -0.2) is 4.98 Å². The number of anilines is 3. The summed E-state index contributed by atoms with van der Waals surface area (Å²) in [5.74, 6) is 0. The summed E-state index contributed by atoms with van der Waals surface area (Å²) in [5.41, 5.74) is 21.2. The number of hydrogen-bond donors (Lipinski definition) is 0. The molecule has 2 aromatic heterocycles. The molecule has 2 aliphatic rings. The van der Waals surface area contributed by atoms with Gasteiger partial charge in [-0.05, 0) is 137 Å². The highest BCUT2D eigenvalue weighted by Crippen LogP contribution is 2.52. The highest BCUT2D eigenvalue weighted by atomic mass is 15.1. The van der Waals surface area contributed by atoms with Crippen molar-refractivity contribution in [3.05, 3.63) is 235 Å². The summed E-state index contributed by atoms with van der Waals surface area (Å²) in [7, 11) is 0. The Morgan fingerprint density at radius 1 is 0.621 bits per heavy atom. The van der Waals surface area contributed by atoms with Crippen LogP contribution in [0.2, 0.25) is 0 Å². The highest BCUT2D eigenvalue weighted by Gasteiger charge is 2.38. The molecule has 0 saturated heterocycles. The number of nitrogens with zero attached hydrogens (tertiary/aromatic N) is 3. The van der Waals surface area contributed by atoms with E-state index in [0.29, 0.717) is 0 Å². The van der Waals surface area contributed by atoms with Crippen LogP contribution in [0.4, 0.5) is 17.1 Å². The fourth-order valence-corrected chi connectivity index (χ4v) is 10.5. The Hall–Kier alpha value is -7.75. The minimum absolute atomic E-state index is 0.106. The molecular formula is C63H53N3. The van der Waals surface area contributed by atoms with Crippen LogP contribution in [0, 0.1) is 0 Å². The van der Waals surface area contributed by atoms with Crippen molar-refractivity contribution in [3.63, 3.8) is 0 Å². The van der Waals surface area contributed by atoms with Crippen molar-refractivity contribution in [2.24, 2.45) is 0 Å². The molecule has 0 atom stereocenters. The first-order chi connectivity index (χ1) is 32.4. The van der Waals surface area contributed by atoms with Gasteiger partial charge in [0.05, 0.1) is 22.4 Å². The quantitative estimate of drug-likeness (QED) is 0.144. The van der Waals surface area contributed by atoms with E-state index in [2.05, 4.69) is 250 Å². The second kappa shape index (κ2) is 17.0. The van der Waals surface area contributed by atoms with Gasteiger partial charge in [0.1, 0.15) is 0 Å². The third-order valence-corrected chi connectivity index (χ3v) is 13.7. The summed E-state index contributed by atoms with van der Waals surface area (Å²) in [6.45, 7) is 9.17. The number of allylic oxidation sites excluding steroid dienone is 8. The van der Waals surface area contributed by atoms with Gasteiger partial charge in [-0.3, -0.25) is 0 Å². The second-order valence-electron chi connectivity index (χ2n) is 18.1. The largest absolute Gasteiger partial charge is 0.310 e. The van der Waals surface area contributed by atoms with Crippen molar-refractivity contribution < 1.29 is 0 Å². The first kappa shape index (κ1) is 41.0. The van der Waals surface area contributed by atoms with Crippen molar-refractivity contribution in [2.75, 3.05) is 4.90 Å². The first-order valence-corrected chi connectivity index (χ1v) is 23.5. The van der Waals surface area contributed by atoms with Gasteiger partial charge in [-0.2, -0.15) is 0 Å². The van der Waals surface area contributed by atoms with E-state index >= 15 is 0 Å². The maximum Gasteiger partial charge on any atom is 0.0956 e. The number of aromatic nitrogens is 2. The Kier molecular flexibility index (Phi) is 10.6. The van der Waals surface area contributed by atoms with E-state index < -0.39 is 0 Å². The third kappa shape index (κ3) is 7.12. The molecule has 9 aromatic rings. The lowest BCUT2D eigenvalue weighted by Gasteiger charge is -2.28. The zero-order valence-corrected chi connectivity index (χ0v) is 38.2. The molecule has 0 amide bonds. The highest BCUT2D eigenvalue weighted by molar-refractivity contribution is 6.15. The standard InChI is InChI=1S/C63H53N3/c1-5-19-57-53(6-2)54-38-37-52(41-58(54)63(57,3)4)65(50-33-28-44(29-34-50)43-20-11-7-12-21-43)51-35-30-45(31-36-51)48-32-39-60-55(40-48)56-42-59(46-22-13-8-14-23-46)64-61(47-24-15-9-16-25-47)62(56)66(60)49-26-17-10-18-27-49/h6-11,13-20,22-42H,5,12,21H2,1-4H3/b53-6-,57-19+. The molecule has 0 saturated carbocycles. The van der Waals surface area contributed by atoms with Crippen LogP contribution in [0.25, 0.3) is 72.3 Å². The molecule has 0 N–H and O–H groups in total. The van der Waals surface area contributed by atoms with Gasteiger partial charge < -0.3 is 9.47 Å². The smallest absolute Gasteiger partial charge is 0.0956 e. The lowest BCUT2D eigenvalue weighted by atomic mass is 9.81. The Balaban J connectivity index is 1.05. The zero-order chi connectivity index (χ0) is 44.8. The minimum atomic E-state index is -0.106. The Morgan fingerprint density at radius 3 is 1.91 bits per heavy atom. The Morgan fingerprint density at radius 2 is 1.26 bits per heavy atom. The molecule has 0 bridgehead atoms. The number of fused-ring (bicyclic) bond motifs is 4. The fraction of sp³-hybridized carbons (Fsp3) is 0.127. The minimum Gasteiger partial charge on any atom is -0.310 e. The van der Waals surface area contributed by atoms with E-state index in [9.17, 15) is 0 Å². The molecule has 0 radical (unpaired) electrons. The van der Waals surface area contributed by atoms with Crippen LogP contribution in [0.15, 0.2) is 218 Å². The van der Waals surface area contributed by atoms with E-state index in [1.165, 1.54) is 49.7 Å². The van der Waals surface area contributed by atoms with E-state index in [-0.39, 0.29) is 5.41 Å². The molecule has 3 heteroatoms. The van der Waals surface area contributed by atoms with Crippen LogP contribution >= 0.6 is 0 Å². The van der Waals surface area contributed by atoms with Crippen LogP contribution < -0.4 is 4.90 Å². The maximum atomic E-state index is 5.42. The van der Waals surface area contributed by atoms with Crippen LogP contribution in [0.1, 0.15) is 63.6 Å². The average molecular weight is 852 g/mol. The third-order valence-electron chi connectivity index (χ3n) is 13.7. The van der Waals surface area contributed by atoms with Crippen LogP contribution in [-0.2, 0) is 5.41 Å². The zero-order valence-electron chi connectivity index (χ0n) is 38.2. The monoisotopic (exact) mass is 851 g/mol. The summed E-state index contributed by atoms with van der Waals surface area (Å²) in [4.78, 5) is 7.84. The molecule has 2 heterocycles. The van der Waals surface area contributed by atoms with Crippen LogP contribution in [-0.4, -0.2) is 9.55 Å². The van der Waals surface area contributed by atoms with Gasteiger partial charge in [0.2, 0.25) is 0 Å². The molecule has 320 valence electrons. The molecule has 0 aliphatic heterocycles. The van der Waals surface area contributed by atoms with Crippen LogP contribution in [0.5, 0.6) is 0 Å².